The molecule has 0 fully saturated rings. The van der Waals surface area contributed by atoms with Crippen molar-refractivity contribution in [3.05, 3.63) is 41.5 Å². The van der Waals surface area contributed by atoms with Gasteiger partial charge in [-0.15, -0.1) is 6.58 Å². The van der Waals surface area contributed by atoms with Crippen LogP contribution in [0.2, 0.25) is 0 Å². The lowest BCUT2D eigenvalue weighted by molar-refractivity contribution is -0.130. The second kappa shape index (κ2) is 4.78. The zero-order valence-electron chi connectivity index (χ0n) is 12.4. The van der Waals surface area contributed by atoms with Gasteiger partial charge in [-0.3, -0.25) is 9.59 Å². The molecule has 0 saturated carbocycles. The lowest BCUT2D eigenvalue weighted by atomic mass is 9.84. The van der Waals surface area contributed by atoms with E-state index < -0.39 is 5.54 Å². The Morgan fingerprint density at radius 1 is 1.45 bits per heavy atom. The second-order valence-corrected chi connectivity index (χ2v) is 5.42. The van der Waals surface area contributed by atoms with Crippen molar-refractivity contribution in [2.24, 2.45) is 0 Å². The van der Waals surface area contributed by atoms with Crippen LogP contribution in [0.4, 0.5) is 5.69 Å². The maximum absolute atomic E-state index is 12.7. The Morgan fingerprint density at radius 2 is 2.10 bits per heavy atom. The Labute approximate surface area is 119 Å². The van der Waals surface area contributed by atoms with Gasteiger partial charge in [0, 0.05) is 26.0 Å². The van der Waals surface area contributed by atoms with Gasteiger partial charge in [-0.1, -0.05) is 12.1 Å². The fraction of sp³-hybridized carbons (Fsp3) is 0.375. The molecule has 1 aromatic carbocycles. The molecule has 0 radical (unpaired) electrons. The maximum Gasteiger partial charge on any atom is 0.257 e. The normalized spacial score (nSPS) is 20.8. The lowest BCUT2D eigenvalue weighted by Gasteiger charge is -2.29. The average Bonchev–Trinajstić information content (AvgIpc) is 2.52. The van der Waals surface area contributed by atoms with Crippen LogP contribution in [0.15, 0.2) is 24.8 Å². The maximum atomic E-state index is 12.7. The fourth-order valence-electron chi connectivity index (χ4n) is 3.14. The minimum absolute atomic E-state index is 0.115. The van der Waals surface area contributed by atoms with Crippen molar-refractivity contribution in [1.29, 1.82) is 0 Å². The summed E-state index contributed by atoms with van der Waals surface area (Å²) in [6.07, 6.45) is 2.06. The molecule has 1 aromatic rings. The number of aryl methyl sites for hydroxylation is 2. The molecule has 0 aliphatic carbocycles. The molecule has 1 atom stereocenters. The Morgan fingerprint density at radius 3 is 2.65 bits per heavy atom. The van der Waals surface area contributed by atoms with Crippen LogP contribution in [-0.4, -0.2) is 18.9 Å². The molecule has 2 amide bonds. The van der Waals surface area contributed by atoms with E-state index in [9.17, 15) is 9.59 Å². The zero-order chi connectivity index (χ0) is 15.1. The minimum Gasteiger partial charge on any atom is -0.338 e. The van der Waals surface area contributed by atoms with Gasteiger partial charge >= 0.3 is 0 Å². The molecule has 1 aliphatic rings. The summed E-state index contributed by atoms with van der Waals surface area (Å²) in [7, 11) is 1.74. The van der Waals surface area contributed by atoms with Crippen LogP contribution in [0.1, 0.15) is 30.0 Å². The van der Waals surface area contributed by atoms with Gasteiger partial charge in [-0.05, 0) is 31.0 Å². The predicted molar refractivity (Wildman–Crippen MR) is 79.6 cm³/mol. The molecule has 0 aromatic heterocycles. The first kappa shape index (κ1) is 14.3. The fourth-order valence-corrected chi connectivity index (χ4v) is 3.14. The molecular weight excluding hydrogens is 252 g/mol. The van der Waals surface area contributed by atoms with Gasteiger partial charge in [0.2, 0.25) is 5.91 Å². The summed E-state index contributed by atoms with van der Waals surface area (Å²) in [5.41, 5.74) is 2.83. The van der Waals surface area contributed by atoms with E-state index >= 15 is 0 Å². The molecule has 2 rings (SSSR count). The van der Waals surface area contributed by atoms with E-state index in [1.165, 1.54) is 6.92 Å². The second-order valence-electron chi connectivity index (χ2n) is 5.42. The molecule has 0 bridgehead atoms. The van der Waals surface area contributed by atoms with E-state index in [0.29, 0.717) is 6.42 Å². The van der Waals surface area contributed by atoms with Gasteiger partial charge in [0.25, 0.3) is 5.91 Å². The molecule has 1 N–H and O–H groups in total. The van der Waals surface area contributed by atoms with E-state index in [2.05, 4.69) is 11.9 Å². The first-order valence-corrected chi connectivity index (χ1v) is 6.63. The molecular formula is C16H20N2O2. The van der Waals surface area contributed by atoms with E-state index in [4.69, 9.17) is 0 Å². The first-order valence-electron chi connectivity index (χ1n) is 6.63. The number of benzene rings is 1. The highest BCUT2D eigenvalue weighted by Crippen LogP contribution is 2.44. The summed E-state index contributed by atoms with van der Waals surface area (Å²) < 4.78 is 0. The van der Waals surface area contributed by atoms with Crippen LogP contribution in [-0.2, 0) is 15.1 Å². The number of amides is 2. The van der Waals surface area contributed by atoms with Crippen molar-refractivity contribution < 1.29 is 9.59 Å². The van der Waals surface area contributed by atoms with Crippen LogP contribution in [0.25, 0.3) is 0 Å². The number of carbonyl (C=O) groups is 2. The third kappa shape index (κ3) is 1.92. The standard InChI is InChI=1S/C16H20N2O2/c1-6-7-16(17-12(4)19)14-11(3)8-10(2)9-13(14)18(5)15(16)20/h6,8-9H,1,7H2,2-5H3,(H,17,19). The van der Waals surface area contributed by atoms with Crippen LogP contribution in [0.3, 0.4) is 0 Å². The predicted octanol–water partition coefficient (Wildman–Crippen LogP) is 2.19. The number of likely N-dealkylation sites (N-methyl/N-ethyl adjacent to an activating group) is 1. The molecule has 4 heteroatoms. The van der Waals surface area contributed by atoms with Crippen LogP contribution in [0.5, 0.6) is 0 Å². The van der Waals surface area contributed by atoms with Crippen molar-refractivity contribution in [3.8, 4) is 0 Å². The summed E-state index contributed by atoms with van der Waals surface area (Å²) in [4.78, 5) is 26.0. The van der Waals surface area contributed by atoms with Crippen molar-refractivity contribution >= 4 is 17.5 Å². The number of rotatable bonds is 3. The molecule has 1 unspecified atom stereocenters. The number of anilines is 1. The van der Waals surface area contributed by atoms with E-state index in [-0.39, 0.29) is 11.8 Å². The van der Waals surface area contributed by atoms with Crippen LogP contribution < -0.4 is 10.2 Å². The van der Waals surface area contributed by atoms with E-state index in [1.807, 2.05) is 26.0 Å². The lowest BCUT2D eigenvalue weighted by Crippen LogP contribution is -2.51. The summed E-state index contributed by atoms with van der Waals surface area (Å²) >= 11 is 0. The molecule has 1 aliphatic heterocycles. The molecule has 1 heterocycles. The smallest absolute Gasteiger partial charge is 0.257 e. The molecule has 0 spiro atoms. The van der Waals surface area contributed by atoms with Crippen molar-refractivity contribution in [2.45, 2.75) is 32.7 Å². The molecule has 20 heavy (non-hydrogen) atoms. The summed E-state index contributed by atoms with van der Waals surface area (Å²) in [6, 6.07) is 4.01. The Balaban J connectivity index is 2.74. The number of hydrogen-bond acceptors (Lipinski definition) is 2. The Hall–Kier alpha value is -2.10. The molecule has 4 nitrogen and oxygen atoms in total. The third-order valence-corrected chi connectivity index (χ3v) is 3.76. The summed E-state index contributed by atoms with van der Waals surface area (Å²) in [6.45, 7) is 9.13. The number of carbonyl (C=O) groups excluding carboxylic acids is 2. The van der Waals surface area contributed by atoms with Crippen molar-refractivity contribution in [1.82, 2.24) is 5.32 Å². The average molecular weight is 272 g/mol. The van der Waals surface area contributed by atoms with Gasteiger partial charge in [-0.25, -0.2) is 0 Å². The van der Waals surface area contributed by atoms with Gasteiger partial charge in [-0.2, -0.15) is 0 Å². The summed E-state index contributed by atoms with van der Waals surface area (Å²) in [5.74, 6) is -0.335. The summed E-state index contributed by atoms with van der Waals surface area (Å²) in [5, 5.41) is 2.85. The SMILES string of the molecule is C=CCC1(NC(C)=O)C(=O)N(C)c2cc(C)cc(C)c21. The zero-order valence-corrected chi connectivity index (χ0v) is 12.4. The molecule has 106 valence electrons. The number of nitrogens with zero attached hydrogens (tertiary/aromatic N) is 1. The Bertz CT molecular complexity index is 607. The Kier molecular flexibility index (Phi) is 3.42. The highest BCUT2D eigenvalue weighted by atomic mass is 16.2. The third-order valence-electron chi connectivity index (χ3n) is 3.76. The minimum atomic E-state index is -1.02. The number of nitrogens with one attached hydrogen (secondary N) is 1. The quantitative estimate of drug-likeness (QED) is 0.857. The monoisotopic (exact) mass is 272 g/mol. The van der Waals surface area contributed by atoms with Crippen molar-refractivity contribution in [2.75, 3.05) is 11.9 Å². The number of hydrogen-bond donors (Lipinski definition) is 1. The first-order chi connectivity index (χ1) is 9.33. The largest absolute Gasteiger partial charge is 0.338 e. The van der Waals surface area contributed by atoms with Crippen LogP contribution >= 0.6 is 0 Å². The highest BCUT2D eigenvalue weighted by Gasteiger charge is 2.50. The van der Waals surface area contributed by atoms with E-state index in [0.717, 1.165) is 22.4 Å². The van der Waals surface area contributed by atoms with Crippen molar-refractivity contribution in [3.63, 3.8) is 0 Å². The highest BCUT2D eigenvalue weighted by molar-refractivity contribution is 6.09. The van der Waals surface area contributed by atoms with E-state index in [1.54, 1.807) is 18.0 Å². The van der Waals surface area contributed by atoms with Crippen LogP contribution in [0, 0.1) is 13.8 Å². The van der Waals surface area contributed by atoms with Gasteiger partial charge in [0.15, 0.2) is 5.54 Å². The van der Waals surface area contributed by atoms with Gasteiger partial charge in [0.05, 0.1) is 5.69 Å². The molecule has 0 saturated heterocycles. The van der Waals surface area contributed by atoms with Gasteiger partial charge in [0.1, 0.15) is 0 Å². The topological polar surface area (TPSA) is 49.4 Å². The number of fused-ring (bicyclic) bond motifs is 1. The van der Waals surface area contributed by atoms with Gasteiger partial charge < -0.3 is 10.2 Å².